The molecule has 2 nitrogen and oxygen atoms in total. The van der Waals surface area contributed by atoms with Gasteiger partial charge in [-0.25, -0.2) is 9.97 Å². The largest absolute Gasteiger partial charge is 0.250 e. The van der Waals surface area contributed by atoms with Crippen molar-refractivity contribution in [3.8, 4) is 0 Å². The molecular weight excluding hydrogens is 264 g/mol. The van der Waals surface area contributed by atoms with E-state index < -0.39 is 0 Å². The Morgan fingerprint density at radius 2 is 1.62 bits per heavy atom. The molecule has 0 aliphatic rings. The lowest BCUT2D eigenvalue weighted by atomic mass is 10.0. The molecule has 0 saturated carbocycles. The van der Waals surface area contributed by atoms with Crippen LogP contribution in [-0.2, 0) is 0 Å². The SMILES string of the molecule is Cc1nc2ccccc2nc1C(C)C(C)Br. The number of halogens is 1. The zero-order chi connectivity index (χ0) is 11.7. The Morgan fingerprint density at radius 3 is 2.19 bits per heavy atom. The van der Waals surface area contributed by atoms with E-state index in [9.17, 15) is 0 Å². The van der Waals surface area contributed by atoms with Crippen LogP contribution in [0.1, 0.15) is 31.2 Å². The fourth-order valence-corrected chi connectivity index (χ4v) is 2.00. The highest BCUT2D eigenvalue weighted by Gasteiger charge is 2.16. The summed E-state index contributed by atoms with van der Waals surface area (Å²) in [6, 6.07) is 8.00. The molecule has 0 amide bonds. The fraction of sp³-hybridized carbons (Fsp3) is 0.385. The van der Waals surface area contributed by atoms with Crippen molar-refractivity contribution in [2.75, 3.05) is 0 Å². The summed E-state index contributed by atoms with van der Waals surface area (Å²) in [7, 11) is 0. The summed E-state index contributed by atoms with van der Waals surface area (Å²) in [4.78, 5) is 9.70. The first-order chi connectivity index (χ1) is 7.59. The summed E-state index contributed by atoms with van der Waals surface area (Å²) in [6.45, 7) is 6.34. The van der Waals surface area contributed by atoms with Gasteiger partial charge in [0.2, 0.25) is 0 Å². The normalized spacial score (nSPS) is 15.0. The topological polar surface area (TPSA) is 25.8 Å². The number of benzene rings is 1. The molecule has 1 aromatic heterocycles. The van der Waals surface area contributed by atoms with Crippen LogP contribution in [0.4, 0.5) is 0 Å². The molecule has 0 N–H and O–H groups in total. The molecule has 2 unspecified atom stereocenters. The van der Waals surface area contributed by atoms with E-state index in [1.807, 2.05) is 31.2 Å². The fourth-order valence-electron chi connectivity index (χ4n) is 1.75. The molecule has 16 heavy (non-hydrogen) atoms. The van der Waals surface area contributed by atoms with Crippen molar-refractivity contribution in [3.63, 3.8) is 0 Å². The van der Waals surface area contributed by atoms with Crippen molar-refractivity contribution in [2.24, 2.45) is 0 Å². The molecule has 2 aromatic rings. The highest BCUT2D eigenvalue weighted by Crippen LogP contribution is 2.25. The maximum absolute atomic E-state index is 4.70. The van der Waals surface area contributed by atoms with Crippen LogP contribution >= 0.6 is 15.9 Å². The van der Waals surface area contributed by atoms with Crippen molar-refractivity contribution >= 4 is 27.0 Å². The van der Waals surface area contributed by atoms with Crippen LogP contribution in [0.25, 0.3) is 11.0 Å². The predicted molar refractivity (Wildman–Crippen MR) is 71.1 cm³/mol. The van der Waals surface area contributed by atoms with Gasteiger partial charge in [0.25, 0.3) is 0 Å². The van der Waals surface area contributed by atoms with Crippen molar-refractivity contribution in [1.82, 2.24) is 9.97 Å². The predicted octanol–water partition coefficient (Wildman–Crippen LogP) is 3.83. The van der Waals surface area contributed by atoms with E-state index in [0.29, 0.717) is 10.7 Å². The van der Waals surface area contributed by atoms with Crippen molar-refractivity contribution < 1.29 is 0 Å². The van der Waals surface area contributed by atoms with Gasteiger partial charge in [-0.2, -0.15) is 0 Å². The summed E-state index contributed by atoms with van der Waals surface area (Å²) in [5, 5.41) is 0. The van der Waals surface area contributed by atoms with Gasteiger partial charge in [-0.15, -0.1) is 0 Å². The smallest absolute Gasteiger partial charge is 0.0890 e. The van der Waals surface area contributed by atoms with Gasteiger partial charge in [0.15, 0.2) is 0 Å². The van der Waals surface area contributed by atoms with Gasteiger partial charge in [0.05, 0.1) is 22.4 Å². The molecule has 0 saturated heterocycles. The van der Waals surface area contributed by atoms with Crippen LogP contribution in [0.2, 0.25) is 0 Å². The summed E-state index contributed by atoms with van der Waals surface area (Å²) in [6.07, 6.45) is 0. The summed E-state index contributed by atoms with van der Waals surface area (Å²) in [5.41, 5.74) is 4.06. The van der Waals surface area contributed by atoms with Gasteiger partial charge >= 0.3 is 0 Å². The Labute approximate surface area is 104 Å². The molecular formula is C13H15BrN2. The zero-order valence-electron chi connectivity index (χ0n) is 9.74. The maximum Gasteiger partial charge on any atom is 0.0890 e. The molecule has 2 atom stereocenters. The minimum absolute atomic E-state index is 0.372. The second-order valence-electron chi connectivity index (χ2n) is 4.15. The van der Waals surface area contributed by atoms with Gasteiger partial charge in [0.1, 0.15) is 0 Å². The van der Waals surface area contributed by atoms with E-state index in [1.54, 1.807) is 0 Å². The average Bonchev–Trinajstić information content (AvgIpc) is 2.27. The van der Waals surface area contributed by atoms with Crippen molar-refractivity contribution in [2.45, 2.75) is 31.5 Å². The van der Waals surface area contributed by atoms with Crippen LogP contribution in [0, 0.1) is 6.92 Å². The Hall–Kier alpha value is -0.960. The molecule has 0 aliphatic carbocycles. The van der Waals surface area contributed by atoms with E-state index in [4.69, 9.17) is 4.98 Å². The molecule has 0 radical (unpaired) electrons. The molecule has 0 bridgehead atoms. The number of rotatable bonds is 2. The van der Waals surface area contributed by atoms with Gasteiger partial charge in [-0.05, 0) is 19.1 Å². The van der Waals surface area contributed by atoms with Gasteiger partial charge < -0.3 is 0 Å². The van der Waals surface area contributed by atoms with E-state index in [-0.39, 0.29) is 0 Å². The number of aryl methyl sites for hydroxylation is 1. The molecule has 3 heteroatoms. The Morgan fingerprint density at radius 1 is 1.06 bits per heavy atom. The second-order valence-corrected chi connectivity index (χ2v) is 5.59. The summed E-state index contributed by atoms with van der Waals surface area (Å²) < 4.78 is 0. The van der Waals surface area contributed by atoms with Crippen molar-refractivity contribution in [1.29, 1.82) is 0 Å². The number of fused-ring (bicyclic) bond motifs is 1. The summed E-state index contributed by atoms with van der Waals surface area (Å²) in [5.74, 6) is 0.372. The maximum atomic E-state index is 4.70. The van der Waals surface area contributed by atoms with E-state index >= 15 is 0 Å². The lowest BCUT2D eigenvalue weighted by Gasteiger charge is -2.16. The highest BCUT2D eigenvalue weighted by atomic mass is 79.9. The van der Waals surface area contributed by atoms with E-state index in [1.165, 1.54) is 0 Å². The number of nitrogens with zero attached hydrogens (tertiary/aromatic N) is 2. The standard InChI is InChI=1S/C13H15BrN2/c1-8(9(2)14)13-10(3)15-11-6-4-5-7-12(11)16-13/h4-9H,1-3H3. The molecule has 2 rings (SSSR count). The highest BCUT2D eigenvalue weighted by molar-refractivity contribution is 9.09. The number of hydrogen-bond acceptors (Lipinski definition) is 2. The van der Waals surface area contributed by atoms with Crippen LogP contribution in [0.5, 0.6) is 0 Å². The Balaban J connectivity index is 2.58. The minimum atomic E-state index is 0.372. The third-order valence-electron chi connectivity index (χ3n) is 2.90. The van der Waals surface area contributed by atoms with Crippen LogP contribution < -0.4 is 0 Å². The third-order valence-corrected chi connectivity index (χ3v) is 3.69. The van der Waals surface area contributed by atoms with Crippen LogP contribution in [0.3, 0.4) is 0 Å². The van der Waals surface area contributed by atoms with Gasteiger partial charge in [-0.1, -0.05) is 41.9 Å². The molecule has 1 aromatic carbocycles. The molecule has 0 aliphatic heterocycles. The van der Waals surface area contributed by atoms with Crippen LogP contribution in [0.15, 0.2) is 24.3 Å². The first-order valence-electron chi connectivity index (χ1n) is 5.47. The zero-order valence-corrected chi connectivity index (χ0v) is 11.3. The van der Waals surface area contributed by atoms with Crippen molar-refractivity contribution in [3.05, 3.63) is 35.7 Å². The molecule has 0 spiro atoms. The lowest BCUT2D eigenvalue weighted by Crippen LogP contribution is -2.10. The molecule has 0 fully saturated rings. The van der Waals surface area contributed by atoms with Gasteiger partial charge in [-0.3, -0.25) is 0 Å². The van der Waals surface area contributed by atoms with E-state index in [0.717, 1.165) is 22.4 Å². The van der Waals surface area contributed by atoms with E-state index in [2.05, 4.69) is 34.8 Å². The lowest BCUT2D eigenvalue weighted by molar-refractivity contribution is 0.724. The number of aromatic nitrogens is 2. The minimum Gasteiger partial charge on any atom is -0.250 e. The number of para-hydroxylation sites is 2. The average molecular weight is 279 g/mol. The second kappa shape index (κ2) is 4.50. The summed E-state index contributed by atoms with van der Waals surface area (Å²) >= 11 is 3.61. The Kier molecular flexibility index (Phi) is 3.24. The third kappa shape index (κ3) is 2.09. The first-order valence-corrected chi connectivity index (χ1v) is 6.38. The molecule has 84 valence electrons. The number of alkyl halides is 1. The van der Waals surface area contributed by atoms with Gasteiger partial charge in [0, 0.05) is 10.7 Å². The monoisotopic (exact) mass is 278 g/mol. The molecule has 1 heterocycles. The van der Waals surface area contributed by atoms with Crippen LogP contribution in [-0.4, -0.2) is 14.8 Å². The number of hydrogen-bond donors (Lipinski definition) is 0. The quantitative estimate of drug-likeness (QED) is 0.781. The first kappa shape index (κ1) is 11.5. The Bertz CT molecular complexity index is 508.